The fourth-order valence-electron chi connectivity index (χ4n) is 2.70. The van der Waals surface area contributed by atoms with E-state index in [9.17, 15) is 14.4 Å². The Morgan fingerprint density at radius 2 is 1.80 bits per heavy atom. The highest BCUT2D eigenvalue weighted by atomic mass is 19.1. The molecule has 0 bridgehead atoms. The van der Waals surface area contributed by atoms with E-state index in [-0.39, 0.29) is 18.1 Å². The molecule has 1 aromatic carbocycles. The van der Waals surface area contributed by atoms with Crippen LogP contribution in [0.15, 0.2) is 24.3 Å². The van der Waals surface area contributed by atoms with Crippen LogP contribution in [0.4, 0.5) is 4.39 Å². The molecule has 1 N–H and O–H groups in total. The monoisotopic (exact) mass is 274 g/mol. The van der Waals surface area contributed by atoms with Gasteiger partial charge in [-0.15, -0.1) is 0 Å². The van der Waals surface area contributed by atoms with Crippen LogP contribution in [-0.4, -0.2) is 11.4 Å². The van der Waals surface area contributed by atoms with Crippen molar-refractivity contribution in [2.45, 2.75) is 50.5 Å². The van der Waals surface area contributed by atoms with Gasteiger partial charge in [-0.3, -0.25) is 4.79 Å². The molecule has 1 saturated carbocycles. The molecule has 4 heteroatoms. The van der Waals surface area contributed by atoms with E-state index < -0.39 is 5.54 Å². The number of benzene rings is 1. The molecule has 0 radical (unpaired) electrons. The average molecular weight is 274 g/mol. The highest BCUT2D eigenvalue weighted by Gasteiger charge is 2.32. The molecule has 2 rings (SSSR count). The van der Waals surface area contributed by atoms with Gasteiger partial charge < -0.3 is 5.32 Å². The lowest BCUT2D eigenvalue weighted by Gasteiger charge is -2.26. The normalized spacial score (nSPS) is 17.8. The first-order chi connectivity index (χ1) is 9.63. The van der Waals surface area contributed by atoms with Gasteiger partial charge in [0.15, 0.2) is 0 Å². The van der Waals surface area contributed by atoms with Gasteiger partial charge in [-0.2, -0.15) is 5.26 Å². The number of nitrogens with zero attached hydrogens (tertiary/aromatic N) is 1. The zero-order valence-electron chi connectivity index (χ0n) is 11.5. The Morgan fingerprint density at radius 1 is 1.20 bits per heavy atom. The topological polar surface area (TPSA) is 52.9 Å². The maximum Gasteiger partial charge on any atom is 0.225 e. The van der Waals surface area contributed by atoms with Crippen LogP contribution in [0.5, 0.6) is 0 Å². The van der Waals surface area contributed by atoms with Crippen molar-refractivity contribution in [2.24, 2.45) is 0 Å². The molecule has 1 amide bonds. The number of amides is 1. The number of rotatable bonds is 3. The van der Waals surface area contributed by atoms with Gasteiger partial charge in [-0.1, -0.05) is 37.8 Å². The summed E-state index contributed by atoms with van der Waals surface area (Å²) in [4.78, 5) is 12.1. The van der Waals surface area contributed by atoms with Crippen molar-refractivity contribution in [3.8, 4) is 6.07 Å². The summed E-state index contributed by atoms with van der Waals surface area (Å²) < 4.78 is 12.8. The van der Waals surface area contributed by atoms with E-state index in [1.807, 2.05) is 0 Å². The van der Waals surface area contributed by atoms with Crippen LogP contribution in [0.2, 0.25) is 0 Å². The van der Waals surface area contributed by atoms with Gasteiger partial charge in [0, 0.05) is 0 Å². The summed E-state index contributed by atoms with van der Waals surface area (Å²) >= 11 is 0. The Kier molecular flexibility index (Phi) is 4.73. The molecule has 106 valence electrons. The fraction of sp³-hybridized carbons (Fsp3) is 0.500. The van der Waals surface area contributed by atoms with Gasteiger partial charge in [0.05, 0.1) is 12.5 Å². The van der Waals surface area contributed by atoms with Crippen LogP contribution in [0.25, 0.3) is 0 Å². The molecular formula is C16H19FN2O. The van der Waals surface area contributed by atoms with Gasteiger partial charge in [0.2, 0.25) is 5.91 Å². The Balaban J connectivity index is 1.98. The summed E-state index contributed by atoms with van der Waals surface area (Å²) in [5.41, 5.74) is 0.0405. The average Bonchev–Trinajstić information content (AvgIpc) is 2.67. The molecule has 0 aromatic heterocycles. The van der Waals surface area contributed by atoms with E-state index in [1.54, 1.807) is 12.1 Å². The van der Waals surface area contributed by atoms with Gasteiger partial charge in [0.1, 0.15) is 11.4 Å². The van der Waals surface area contributed by atoms with E-state index in [2.05, 4.69) is 11.4 Å². The van der Waals surface area contributed by atoms with Crippen molar-refractivity contribution < 1.29 is 9.18 Å². The summed E-state index contributed by atoms with van der Waals surface area (Å²) in [6.07, 6.45) is 5.82. The first-order valence-electron chi connectivity index (χ1n) is 7.10. The number of carbonyl (C=O) groups excluding carboxylic acids is 1. The number of nitrogens with one attached hydrogen (secondary N) is 1. The third kappa shape index (κ3) is 3.80. The van der Waals surface area contributed by atoms with Crippen molar-refractivity contribution in [1.29, 1.82) is 5.26 Å². The minimum Gasteiger partial charge on any atom is -0.338 e. The highest BCUT2D eigenvalue weighted by Crippen LogP contribution is 2.26. The van der Waals surface area contributed by atoms with Gasteiger partial charge >= 0.3 is 0 Å². The molecule has 0 unspecified atom stereocenters. The van der Waals surface area contributed by atoms with E-state index in [0.29, 0.717) is 0 Å². The number of halogens is 1. The molecule has 0 spiro atoms. The maximum absolute atomic E-state index is 12.8. The molecule has 0 heterocycles. The zero-order valence-corrected chi connectivity index (χ0v) is 11.5. The Hall–Kier alpha value is -1.89. The summed E-state index contributed by atoms with van der Waals surface area (Å²) in [5, 5.41) is 12.3. The SMILES string of the molecule is N#CC1(NC(=O)Cc2ccc(F)cc2)CCCCCC1. The van der Waals surface area contributed by atoms with Crippen LogP contribution in [-0.2, 0) is 11.2 Å². The van der Waals surface area contributed by atoms with E-state index >= 15 is 0 Å². The molecule has 1 aliphatic carbocycles. The first-order valence-corrected chi connectivity index (χ1v) is 7.10. The smallest absolute Gasteiger partial charge is 0.225 e. The van der Waals surface area contributed by atoms with Crippen LogP contribution in [0, 0.1) is 17.1 Å². The quantitative estimate of drug-likeness (QED) is 0.861. The lowest BCUT2D eigenvalue weighted by atomic mass is 9.91. The summed E-state index contributed by atoms with van der Waals surface area (Å²) in [6.45, 7) is 0. The number of hydrogen-bond acceptors (Lipinski definition) is 2. The molecular weight excluding hydrogens is 255 g/mol. The molecule has 0 saturated heterocycles. The molecule has 0 atom stereocenters. The van der Waals surface area contributed by atoms with E-state index in [4.69, 9.17) is 0 Å². The molecule has 20 heavy (non-hydrogen) atoms. The second-order valence-corrected chi connectivity index (χ2v) is 5.46. The molecule has 3 nitrogen and oxygen atoms in total. The minimum atomic E-state index is -0.715. The Bertz CT molecular complexity index is 496. The maximum atomic E-state index is 12.8. The van der Waals surface area contributed by atoms with Crippen LogP contribution < -0.4 is 5.32 Å². The third-order valence-corrected chi connectivity index (χ3v) is 3.83. The van der Waals surface area contributed by atoms with Crippen molar-refractivity contribution in [3.63, 3.8) is 0 Å². The lowest BCUT2D eigenvalue weighted by Crippen LogP contribution is -2.47. The first kappa shape index (κ1) is 14.5. The van der Waals surface area contributed by atoms with Gasteiger partial charge in [0.25, 0.3) is 0 Å². The molecule has 0 aliphatic heterocycles. The van der Waals surface area contributed by atoms with E-state index in [0.717, 1.165) is 44.1 Å². The molecule has 1 aromatic rings. The molecule has 1 aliphatic rings. The Morgan fingerprint density at radius 3 is 2.35 bits per heavy atom. The van der Waals surface area contributed by atoms with E-state index in [1.165, 1.54) is 12.1 Å². The standard InChI is InChI=1S/C16H19FN2O/c17-14-7-5-13(6-8-14)11-15(20)19-16(12-18)9-3-1-2-4-10-16/h5-8H,1-4,9-11H2,(H,19,20). The largest absolute Gasteiger partial charge is 0.338 e. The fourth-order valence-corrected chi connectivity index (χ4v) is 2.70. The lowest BCUT2D eigenvalue weighted by molar-refractivity contribution is -0.121. The second-order valence-electron chi connectivity index (χ2n) is 5.46. The highest BCUT2D eigenvalue weighted by molar-refractivity contribution is 5.79. The number of carbonyl (C=O) groups is 1. The Labute approximate surface area is 118 Å². The summed E-state index contributed by atoms with van der Waals surface area (Å²) in [5.74, 6) is -0.480. The van der Waals surface area contributed by atoms with Crippen LogP contribution in [0.3, 0.4) is 0 Å². The summed E-state index contributed by atoms with van der Waals surface area (Å²) in [6, 6.07) is 8.17. The van der Waals surface area contributed by atoms with Crippen molar-refractivity contribution in [2.75, 3.05) is 0 Å². The second kappa shape index (κ2) is 6.51. The molecule has 1 fully saturated rings. The van der Waals surface area contributed by atoms with Crippen LogP contribution >= 0.6 is 0 Å². The van der Waals surface area contributed by atoms with Gasteiger partial charge in [-0.25, -0.2) is 4.39 Å². The van der Waals surface area contributed by atoms with Gasteiger partial charge in [-0.05, 0) is 30.5 Å². The predicted molar refractivity (Wildman–Crippen MR) is 74.3 cm³/mol. The predicted octanol–water partition coefficient (Wildman–Crippen LogP) is 3.10. The third-order valence-electron chi connectivity index (χ3n) is 3.83. The van der Waals surface area contributed by atoms with Crippen LogP contribution in [0.1, 0.15) is 44.1 Å². The zero-order chi connectivity index (χ0) is 14.4. The van der Waals surface area contributed by atoms with Crippen molar-refractivity contribution >= 4 is 5.91 Å². The minimum absolute atomic E-state index is 0.167. The summed E-state index contributed by atoms with van der Waals surface area (Å²) in [7, 11) is 0. The van der Waals surface area contributed by atoms with Crippen molar-refractivity contribution in [3.05, 3.63) is 35.6 Å². The number of hydrogen-bond donors (Lipinski definition) is 1. The number of nitriles is 1. The van der Waals surface area contributed by atoms with Crippen molar-refractivity contribution in [1.82, 2.24) is 5.32 Å².